The highest BCUT2D eigenvalue weighted by atomic mass is 35.5. The van der Waals surface area contributed by atoms with Crippen molar-refractivity contribution in [1.82, 2.24) is 20.0 Å². The predicted molar refractivity (Wildman–Crippen MR) is 60.1 cm³/mol. The number of carboxylic acid groups (broad SMARTS) is 1. The van der Waals surface area contributed by atoms with E-state index < -0.39 is 5.97 Å². The third kappa shape index (κ3) is 2.42. The van der Waals surface area contributed by atoms with Gasteiger partial charge in [0.15, 0.2) is 5.69 Å². The molecule has 0 spiro atoms. The Kier molecular flexibility index (Phi) is 3.06. The van der Waals surface area contributed by atoms with Crippen LogP contribution in [0.15, 0.2) is 18.3 Å². The number of carbonyl (C=O) groups is 1. The van der Waals surface area contributed by atoms with Crippen LogP contribution in [0.25, 0.3) is 0 Å². The smallest absolute Gasteiger partial charge is 0.358 e. The molecule has 0 aromatic carbocycles. The molecule has 0 saturated carbocycles. The first-order valence-electron chi connectivity index (χ1n) is 4.81. The van der Waals surface area contributed by atoms with Crippen LogP contribution in [0, 0.1) is 6.92 Å². The van der Waals surface area contributed by atoms with E-state index in [-0.39, 0.29) is 5.69 Å². The summed E-state index contributed by atoms with van der Waals surface area (Å²) in [6.45, 7) is 2.07. The summed E-state index contributed by atoms with van der Waals surface area (Å²) in [5.41, 5.74) is 1.35. The van der Waals surface area contributed by atoms with Gasteiger partial charge in [-0.25, -0.2) is 14.5 Å². The second-order valence-corrected chi connectivity index (χ2v) is 3.86. The molecule has 0 aliphatic carbocycles. The summed E-state index contributed by atoms with van der Waals surface area (Å²) < 4.78 is 1.51. The van der Waals surface area contributed by atoms with Crippen molar-refractivity contribution in [3.63, 3.8) is 0 Å². The van der Waals surface area contributed by atoms with Gasteiger partial charge in [-0.05, 0) is 18.6 Å². The zero-order chi connectivity index (χ0) is 12.4. The molecule has 88 valence electrons. The van der Waals surface area contributed by atoms with Crippen molar-refractivity contribution in [3.8, 4) is 0 Å². The van der Waals surface area contributed by atoms with Crippen molar-refractivity contribution < 1.29 is 9.90 Å². The van der Waals surface area contributed by atoms with Crippen LogP contribution >= 0.6 is 11.6 Å². The van der Waals surface area contributed by atoms with Gasteiger partial charge in [-0.1, -0.05) is 22.9 Å². The molecule has 0 amide bonds. The molecule has 0 atom stereocenters. The van der Waals surface area contributed by atoms with Gasteiger partial charge in [0.1, 0.15) is 5.15 Å². The molecule has 0 fully saturated rings. The van der Waals surface area contributed by atoms with Crippen LogP contribution in [-0.2, 0) is 6.54 Å². The molecule has 17 heavy (non-hydrogen) atoms. The minimum atomic E-state index is -1.08. The van der Waals surface area contributed by atoms with Gasteiger partial charge in [0.2, 0.25) is 0 Å². The minimum Gasteiger partial charge on any atom is -0.476 e. The lowest BCUT2D eigenvalue weighted by Crippen LogP contribution is -2.06. The Balaban J connectivity index is 2.24. The fourth-order valence-corrected chi connectivity index (χ4v) is 1.49. The van der Waals surface area contributed by atoms with Crippen molar-refractivity contribution in [3.05, 3.63) is 40.4 Å². The minimum absolute atomic E-state index is 0.0353. The summed E-state index contributed by atoms with van der Waals surface area (Å²) in [5, 5.41) is 16.6. The molecule has 7 heteroatoms. The molecular weight excluding hydrogens is 244 g/mol. The van der Waals surface area contributed by atoms with E-state index in [4.69, 9.17) is 16.7 Å². The molecule has 0 aliphatic rings. The first kappa shape index (κ1) is 11.5. The maximum Gasteiger partial charge on any atom is 0.358 e. The van der Waals surface area contributed by atoms with Gasteiger partial charge in [0, 0.05) is 6.20 Å². The van der Waals surface area contributed by atoms with Crippen LogP contribution in [0.5, 0.6) is 0 Å². The van der Waals surface area contributed by atoms with Crippen LogP contribution in [0.3, 0.4) is 0 Å². The van der Waals surface area contributed by atoms with Gasteiger partial charge in [0.05, 0.1) is 12.2 Å². The lowest BCUT2D eigenvalue weighted by atomic mass is 10.3. The topological polar surface area (TPSA) is 80.9 Å². The number of carboxylic acids is 1. The van der Waals surface area contributed by atoms with Crippen LogP contribution in [0.1, 0.15) is 21.7 Å². The van der Waals surface area contributed by atoms with Crippen molar-refractivity contribution in [2.45, 2.75) is 13.5 Å². The monoisotopic (exact) mass is 252 g/mol. The number of rotatable bonds is 3. The van der Waals surface area contributed by atoms with E-state index in [1.54, 1.807) is 25.3 Å². The second-order valence-electron chi connectivity index (χ2n) is 3.48. The Morgan fingerprint density at radius 3 is 2.82 bits per heavy atom. The number of halogens is 1. The van der Waals surface area contributed by atoms with E-state index in [0.717, 1.165) is 5.56 Å². The Bertz CT molecular complexity index is 550. The summed E-state index contributed by atoms with van der Waals surface area (Å²) in [5.74, 6) is -1.08. The van der Waals surface area contributed by atoms with Gasteiger partial charge in [-0.3, -0.25) is 0 Å². The van der Waals surface area contributed by atoms with E-state index in [1.807, 2.05) is 0 Å². The summed E-state index contributed by atoms with van der Waals surface area (Å²) in [6.07, 6.45) is 1.61. The first-order valence-corrected chi connectivity index (χ1v) is 5.19. The van der Waals surface area contributed by atoms with Crippen molar-refractivity contribution in [1.29, 1.82) is 0 Å². The number of aromatic carboxylic acids is 1. The predicted octanol–water partition coefficient (Wildman–Crippen LogP) is 1.38. The zero-order valence-corrected chi connectivity index (χ0v) is 9.72. The van der Waals surface area contributed by atoms with E-state index in [1.165, 1.54) is 4.68 Å². The Hall–Kier alpha value is -1.95. The van der Waals surface area contributed by atoms with Gasteiger partial charge in [0.25, 0.3) is 0 Å². The standard InChI is InChI=1S/C10H9ClN4O2/c1-6-9(10(16)17)13-14-15(6)5-7-2-3-8(11)12-4-7/h2-4H,5H2,1H3,(H,16,17). The van der Waals surface area contributed by atoms with Crippen molar-refractivity contribution in [2.75, 3.05) is 0 Å². The zero-order valence-electron chi connectivity index (χ0n) is 8.96. The molecule has 0 aliphatic heterocycles. The van der Waals surface area contributed by atoms with E-state index in [2.05, 4.69) is 15.3 Å². The number of hydrogen-bond donors (Lipinski definition) is 1. The van der Waals surface area contributed by atoms with Crippen LogP contribution in [-0.4, -0.2) is 31.1 Å². The van der Waals surface area contributed by atoms with E-state index >= 15 is 0 Å². The lowest BCUT2D eigenvalue weighted by Gasteiger charge is -2.02. The third-order valence-corrected chi connectivity index (χ3v) is 2.53. The number of aromatic nitrogens is 4. The molecule has 0 saturated heterocycles. The van der Waals surface area contributed by atoms with Crippen LogP contribution < -0.4 is 0 Å². The molecule has 0 radical (unpaired) electrons. The summed E-state index contributed by atoms with van der Waals surface area (Å²) >= 11 is 5.67. The van der Waals surface area contributed by atoms with Crippen LogP contribution in [0.2, 0.25) is 5.15 Å². The molecule has 2 aromatic heterocycles. The Morgan fingerprint density at radius 1 is 1.53 bits per heavy atom. The second kappa shape index (κ2) is 4.50. The summed E-state index contributed by atoms with van der Waals surface area (Å²) in [6, 6.07) is 3.47. The Morgan fingerprint density at radius 2 is 2.29 bits per heavy atom. The van der Waals surface area contributed by atoms with Gasteiger partial charge >= 0.3 is 5.97 Å². The maximum atomic E-state index is 10.8. The van der Waals surface area contributed by atoms with Crippen molar-refractivity contribution in [2.24, 2.45) is 0 Å². The average Bonchev–Trinajstić information content (AvgIpc) is 2.64. The molecule has 2 rings (SSSR count). The van der Waals surface area contributed by atoms with Gasteiger partial charge < -0.3 is 5.11 Å². The average molecular weight is 253 g/mol. The molecule has 1 N–H and O–H groups in total. The molecular formula is C10H9ClN4O2. The van der Waals surface area contributed by atoms with E-state index in [0.29, 0.717) is 17.4 Å². The highest BCUT2D eigenvalue weighted by Gasteiger charge is 2.14. The summed E-state index contributed by atoms with van der Waals surface area (Å²) in [4.78, 5) is 14.7. The van der Waals surface area contributed by atoms with Gasteiger partial charge in [-0.2, -0.15) is 0 Å². The fourth-order valence-electron chi connectivity index (χ4n) is 1.38. The lowest BCUT2D eigenvalue weighted by molar-refractivity contribution is 0.0689. The first-order chi connectivity index (χ1) is 8.08. The highest BCUT2D eigenvalue weighted by molar-refractivity contribution is 6.29. The highest BCUT2D eigenvalue weighted by Crippen LogP contribution is 2.09. The SMILES string of the molecule is Cc1c(C(=O)O)nnn1Cc1ccc(Cl)nc1. The molecule has 2 aromatic rings. The molecule has 2 heterocycles. The third-order valence-electron chi connectivity index (χ3n) is 2.31. The number of nitrogens with zero attached hydrogens (tertiary/aromatic N) is 4. The largest absolute Gasteiger partial charge is 0.476 e. The van der Waals surface area contributed by atoms with E-state index in [9.17, 15) is 4.79 Å². The van der Waals surface area contributed by atoms with Gasteiger partial charge in [-0.15, -0.1) is 5.10 Å². The molecule has 0 unspecified atom stereocenters. The Labute approximate surface area is 102 Å². The quantitative estimate of drug-likeness (QED) is 0.835. The molecule has 6 nitrogen and oxygen atoms in total. The normalized spacial score (nSPS) is 10.5. The molecule has 0 bridgehead atoms. The number of hydrogen-bond acceptors (Lipinski definition) is 4. The van der Waals surface area contributed by atoms with Crippen molar-refractivity contribution >= 4 is 17.6 Å². The maximum absolute atomic E-state index is 10.8. The fraction of sp³-hybridized carbons (Fsp3) is 0.200. The summed E-state index contributed by atoms with van der Waals surface area (Å²) in [7, 11) is 0. The number of pyridine rings is 1. The van der Waals surface area contributed by atoms with Crippen LogP contribution in [0.4, 0.5) is 0 Å².